The maximum atomic E-state index is 12.4. The monoisotopic (exact) mass is 280 g/mol. The van der Waals surface area contributed by atoms with Crippen LogP contribution in [-0.4, -0.2) is 15.8 Å². The summed E-state index contributed by atoms with van der Waals surface area (Å²) < 4.78 is 0. The van der Waals surface area contributed by atoms with Crippen molar-refractivity contribution in [1.82, 2.24) is 9.97 Å². The van der Waals surface area contributed by atoms with Gasteiger partial charge in [0.2, 0.25) is 5.78 Å². The SMILES string of the molecule is C=C/C=C(\C=C/C)C(=O)c1cnc(C(/C=C\C)=C/C=C)[nH]1. The Morgan fingerprint density at radius 3 is 2.38 bits per heavy atom. The molecule has 1 rings (SSSR count). The summed E-state index contributed by atoms with van der Waals surface area (Å²) in [5.74, 6) is 0.514. The molecule has 0 saturated carbocycles. The van der Waals surface area contributed by atoms with E-state index in [1.807, 2.05) is 38.2 Å². The first-order chi connectivity index (χ1) is 10.2. The van der Waals surface area contributed by atoms with Crippen LogP contribution in [0.3, 0.4) is 0 Å². The molecule has 0 unspecified atom stereocenters. The highest BCUT2D eigenvalue weighted by Gasteiger charge is 2.13. The van der Waals surface area contributed by atoms with Crippen LogP contribution in [0.25, 0.3) is 5.57 Å². The number of nitrogens with zero attached hydrogens (tertiary/aromatic N) is 1. The minimum absolute atomic E-state index is 0.120. The van der Waals surface area contributed by atoms with Crippen LogP contribution in [0.15, 0.2) is 73.5 Å². The van der Waals surface area contributed by atoms with Gasteiger partial charge in [-0.1, -0.05) is 61.8 Å². The largest absolute Gasteiger partial charge is 0.335 e. The van der Waals surface area contributed by atoms with E-state index in [1.165, 1.54) is 0 Å². The van der Waals surface area contributed by atoms with Crippen LogP contribution in [0.2, 0.25) is 0 Å². The molecule has 3 heteroatoms. The van der Waals surface area contributed by atoms with Gasteiger partial charge in [-0.2, -0.15) is 0 Å². The van der Waals surface area contributed by atoms with Crippen molar-refractivity contribution in [3.63, 3.8) is 0 Å². The second-order valence-electron chi connectivity index (χ2n) is 4.19. The molecule has 0 aromatic carbocycles. The lowest BCUT2D eigenvalue weighted by Gasteiger charge is -1.99. The summed E-state index contributed by atoms with van der Waals surface area (Å²) in [4.78, 5) is 19.7. The van der Waals surface area contributed by atoms with Gasteiger partial charge < -0.3 is 4.98 Å². The molecule has 0 aliphatic heterocycles. The van der Waals surface area contributed by atoms with Crippen LogP contribution >= 0.6 is 0 Å². The molecule has 0 atom stereocenters. The fourth-order valence-corrected chi connectivity index (χ4v) is 1.77. The van der Waals surface area contributed by atoms with Gasteiger partial charge in [-0.25, -0.2) is 4.98 Å². The number of allylic oxidation sites excluding steroid dienone is 10. The van der Waals surface area contributed by atoms with Crippen molar-refractivity contribution in [2.75, 3.05) is 0 Å². The molecule has 0 spiro atoms. The lowest BCUT2D eigenvalue weighted by molar-refractivity contribution is 0.103. The Hall–Kier alpha value is -2.68. The molecule has 0 bridgehead atoms. The smallest absolute Gasteiger partial charge is 0.210 e. The van der Waals surface area contributed by atoms with Gasteiger partial charge in [0, 0.05) is 11.1 Å². The number of hydrogen-bond acceptors (Lipinski definition) is 2. The summed E-state index contributed by atoms with van der Waals surface area (Å²) in [5.41, 5.74) is 1.87. The van der Waals surface area contributed by atoms with Gasteiger partial charge in [0.1, 0.15) is 11.5 Å². The summed E-state index contributed by atoms with van der Waals surface area (Å²) in [5, 5.41) is 0. The van der Waals surface area contributed by atoms with E-state index < -0.39 is 0 Å². The molecule has 0 amide bonds. The van der Waals surface area contributed by atoms with Gasteiger partial charge in [0.25, 0.3) is 0 Å². The van der Waals surface area contributed by atoms with E-state index in [0.29, 0.717) is 17.1 Å². The molecule has 0 fully saturated rings. The van der Waals surface area contributed by atoms with Crippen molar-refractivity contribution < 1.29 is 4.79 Å². The molecule has 1 N–H and O–H groups in total. The second kappa shape index (κ2) is 8.48. The summed E-state index contributed by atoms with van der Waals surface area (Å²) in [6, 6.07) is 0. The van der Waals surface area contributed by atoms with E-state index in [0.717, 1.165) is 5.57 Å². The van der Waals surface area contributed by atoms with Crippen LogP contribution in [0.5, 0.6) is 0 Å². The standard InChI is InChI=1S/C18H20N2O/c1-5-9-14(10-6-2)17(21)16-13-19-18(20-16)15(11-7-3)12-8-4/h5-13H,1,3H2,2,4H3,(H,19,20)/b10-6-,12-8-,14-9+,15-11+. The van der Waals surface area contributed by atoms with Crippen molar-refractivity contribution in [1.29, 1.82) is 0 Å². The number of carbonyl (C=O) groups is 1. The number of carbonyl (C=O) groups excluding carboxylic acids is 1. The number of aromatic amines is 1. The third kappa shape index (κ3) is 4.42. The number of H-pyrrole nitrogens is 1. The highest BCUT2D eigenvalue weighted by molar-refractivity contribution is 6.09. The minimum atomic E-state index is -0.120. The van der Waals surface area contributed by atoms with Gasteiger partial charge in [-0.3, -0.25) is 4.79 Å². The number of rotatable bonds is 7. The average Bonchev–Trinajstić information content (AvgIpc) is 2.96. The Kier molecular flexibility index (Phi) is 6.61. The Bertz CT molecular complexity index is 640. The first kappa shape index (κ1) is 16.4. The molecular weight excluding hydrogens is 260 g/mol. The molecule has 21 heavy (non-hydrogen) atoms. The summed E-state index contributed by atoms with van der Waals surface area (Å²) >= 11 is 0. The van der Waals surface area contributed by atoms with Crippen molar-refractivity contribution >= 4 is 11.4 Å². The third-order valence-corrected chi connectivity index (χ3v) is 2.64. The van der Waals surface area contributed by atoms with Crippen molar-refractivity contribution in [3.8, 4) is 0 Å². The predicted molar refractivity (Wildman–Crippen MR) is 89.0 cm³/mol. The molecule has 1 heterocycles. The molecule has 0 radical (unpaired) electrons. The number of imidazole rings is 1. The van der Waals surface area contributed by atoms with Gasteiger partial charge in [-0.05, 0) is 13.8 Å². The Morgan fingerprint density at radius 2 is 1.81 bits per heavy atom. The van der Waals surface area contributed by atoms with Crippen molar-refractivity contribution in [3.05, 3.63) is 85.1 Å². The van der Waals surface area contributed by atoms with E-state index in [4.69, 9.17) is 0 Å². The molecule has 0 saturated heterocycles. The predicted octanol–water partition coefficient (Wildman–Crippen LogP) is 4.43. The first-order valence-corrected chi connectivity index (χ1v) is 6.68. The lowest BCUT2D eigenvalue weighted by Crippen LogP contribution is -2.02. The topological polar surface area (TPSA) is 45.8 Å². The quantitative estimate of drug-likeness (QED) is 0.456. The molecule has 108 valence electrons. The molecule has 1 aromatic rings. The zero-order chi connectivity index (χ0) is 15.7. The van der Waals surface area contributed by atoms with Crippen molar-refractivity contribution in [2.45, 2.75) is 13.8 Å². The average molecular weight is 280 g/mol. The van der Waals surface area contributed by atoms with Gasteiger partial charge in [0.15, 0.2) is 0 Å². The Balaban J connectivity index is 3.15. The first-order valence-electron chi connectivity index (χ1n) is 6.68. The van der Waals surface area contributed by atoms with E-state index in [9.17, 15) is 4.79 Å². The molecule has 0 aliphatic rings. The van der Waals surface area contributed by atoms with Crippen molar-refractivity contribution in [2.24, 2.45) is 0 Å². The molecule has 0 aliphatic carbocycles. The maximum Gasteiger partial charge on any atom is 0.210 e. The molecule has 3 nitrogen and oxygen atoms in total. The zero-order valence-corrected chi connectivity index (χ0v) is 12.5. The highest BCUT2D eigenvalue weighted by Crippen LogP contribution is 2.15. The number of Topliss-reactive ketones (excluding diaryl/α,β-unsaturated/α-hetero) is 1. The van der Waals surface area contributed by atoms with Crippen LogP contribution in [0.4, 0.5) is 0 Å². The van der Waals surface area contributed by atoms with Crippen LogP contribution in [0.1, 0.15) is 30.2 Å². The molecular formula is C18H20N2O. The summed E-state index contributed by atoms with van der Waals surface area (Å²) in [6.45, 7) is 11.1. The summed E-state index contributed by atoms with van der Waals surface area (Å²) in [7, 11) is 0. The lowest BCUT2D eigenvalue weighted by atomic mass is 10.1. The van der Waals surface area contributed by atoms with Crippen LogP contribution in [-0.2, 0) is 0 Å². The second-order valence-corrected chi connectivity index (χ2v) is 4.19. The Labute approximate surface area is 125 Å². The van der Waals surface area contributed by atoms with E-state index >= 15 is 0 Å². The van der Waals surface area contributed by atoms with Gasteiger partial charge in [-0.15, -0.1) is 0 Å². The Morgan fingerprint density at radius 1 is 1.14 bits per heavy atom. The zero-order valence-electron chi connectivity index (χ0n) is 12.5. The van der Waals surface area contributed by atoms with Crippen LogP contribution < -0.4 is 0 Å². The van der Waals surface area contributed by atoms with Crippen LogP contribution in [0, 0.1) is 0 Å². The normalized spacial score (nSPS) is 13.0. The number of nitrogens with one attached hydrogen (secondary N) is 1. The van der Waals surface area contributed by atoms with E-state index in [2.05, 4.69) is 23.1 Å². The van der Waals surface area contributed by atoms with Gasteiger partial charge in [0.05, 0.1) is 6.20 Å². The molecule has 1 aromatic heterocycles. The fraction of sp³-hybridized carbons (Fsp3) is 0.111. The van der Waals surface area contributed by atoms with E-state index in [-0.39, 0.29) is 5.78 Å². The van der Waals surface area contributed by atoms with E-state index in [1.54, 1.807) is 30.5 Å². The van der Waals surface area contributed by atoms with Gasteiger partial charge >= 0.3 is 0 Å². The number of aromatic nitrogens is 2. The minimum Gasteiger partial charge on any atom is -0.335 e. The highest BCUT2D eigenvalue weighted by atomic mass is 16.1. The third-order valence-electron chi connectivity index (χ3n) is 2.64. The number of ketones is 1. The number of hydrogen-bond donors (Lipinski definition) is 1. The maximum absolute atomic E-state index is 12.4. The fourth-order valence-electron chi connectivity index (χ4n) is 1.77. The summed E-state index contributed by atoms with van der Waals surface area (Å²) in [6.07, 6.45) is 15.7.